The van der Waals surface area contributed by atoms with Crippen LogP contribution in [0.1, 0.15) is 70.6 Å². The molecule has 2 aliphatic carbocycles. The number of hydrogen-bond acceptors (Lipinski definition) is 4. The molecule has 0 aromatic carbocycles. The van der Waals surface area contributed by atoms with Crippen molar-refractivity contribution < 1.29 is 9.59 Å². The van der Waals surface area contributed by atoms with E-state index in [9.17, 15) is 9.59 Å². The molecule has 27 heavy (non-hydrogen) atoms. The van der Waals surface area contributed by atoms with Gasteiger partial charge < -0.3 is 0 Å². The first kappa shape index (κ1) is 21.1. The molecule has 2 aliphatic rings. The van der Waals surface area contributed by atoms with Crippen molar-refractivity contribution in [3.8, 4) is 0 Å². The second-order valence-electron chi connectivity index (χ2n) is 7.28. The lowest BCUT2D eigenvalue weighted by atomic mass is 9.96. The van der Waals surface area contributed by atoms with E-state index in [2.05, 4.69) is 45.4 Å². The molecule has 2 amide bonds. The Morgan fingerprint density at radius 3 is 1.67 bits per heavy atom. The summed E-state index contributed by atoms with van der Waals surface area (Å²) in [7, 11) is 0. The Labute approximate surface area is 162 Å². The molecule has 2 atom stereocenters. The lowest BCUT2D eigenvalue weighted by Crippen LogP contribution is -2.19. The summed E-state index contributed by atoms with van der Waals surface area (Å²) in [6.07, 6.45) is 22.0. The summed E-state index contributed by atoms with van der Waals surface area (Å²) >= 11 is 0. The van der Waals surface area contributed by atoms with Gasteiger partial charge in [0, 0.05) is 25.3 Å². The van der Waals surface area contributed by atoms with Crippen LogP contribution in [0.15, 0.2) is 34.5 Å². The molecule has 0 saturated carbocycles. The molecule has 2 N–H and O–H groups in total. The van der Waals surface area contributed by atoms with E-state index in [1.165, 1.54) is 0 Å². The van der Waals surface area contributed by atoms with E-state index in [0.717, 1.165) is 57.8 Å². The zero-order chi connectivity index (χ0) is 19.2. The zero-order valence-electron chi connectivity index (χ0n) is 16.1. The van der Waals surface area contributed by atoms with Gasteiger partial charge in [-0.1, -0.05) is 30.7 Å². The molecule has 0 bridgehead atoms. The van der Waals surface area contributed by atoms with Crippen LogP contribution in [-0.4, -0.2) is 24.2 Å². The molecule has 2 unspecified atom stereocenters. The summed E-state index contributed by atoms with van der Waals surface area (Å²) in [6.45, 7) is 0. The third kappa shape index (κ3) is 9.87. The fourth-order valence-corrected chi connectivity index (χ4v) is 3.19. The first-order valence-electron chi connectivity index (χ1n) is 10.2. The monoisotopic (exact) mass is 372 g/mol. The third-order valence-corrected chi connectivity index (χ3v) is 4.88. The van der Waals surface area contributed by atoms with Crippen molar-refractivity contribution in [2.24, 2.45) is 22.0 Å². The highest BCUT2D eigenvalue weighted by Crippen LogP contribution is 2.16. The smallest absolute Gasteiger partial charge is 0.240 e. The van der Waals surface area contributed by atoms with Crippen LogP contribution in [0.5, 0.6) is 0 Å². The van der Waals surface area contributed by atoms with Crippen molar-refractivity contribution in [3.63, 3.8) is 0 Å². The second kappa shape index (κ2) is 13.0. The molecular weight excluding hydrogens is 340 g/mol. The molecule has 0 saturated heterocycles. The highest BCUT2D eigenvalue weighted by atomic mass is 16.2. The van der Waals surface area contributed by atoms with Crippen molar-refractivity contribution >= 4 is 24.2 Å². The van der Waals surface area contributed by atoms with Gasteiger partial charge in [0.1, 0.15) is 0 Å². The Kier molecular flexibility index (Phi) is 10.1. The molecule has 0 radical (unpaired) electrons. The van der Waals surface area contributed by atoms with Crippen LogP contribution in [0, 0.1) is 11.8 Å². The minimum atomic E-state index is -0.0619. The molecule has 0 aromatic heterocycles. The van der Waals surface area contributed by atoms with E-state index in [0.29, 0.717) is 24.7 Å². The van der Waals surface area contributed by atoms with E-state index in [1.54, 1.807) is 0 Å². The summed E-state index contributed by atoms with van der Waals surface area (Å²) in [5.41, 5.74) is 5.18. The number of amides is 2. The lowest BCUT2D eigenvalue weighted by Gasteiger charge is -2.11. The molecule has 0 fully saturated rings. The van der Waals surface area contributed by atoms with Gasteiger partial charge in [0.05, 0.1) is 0 Å². The maximum Gasteiger partial charge on any atom is 0.240 e. The molecule has 0 spiro atoms. The highest BCUT2D eigenvalue weighted by molar-refractivity contribution is 5.77. The molecule has 148 valence electrons. The van der Waals surface area contributed by atoms with E-state index < -0.39 is 0 Å². The molecule has 0 aromatic rings. The third-order valence-electron chi connectivity index (χ3n) is 4.88. The summed E-state index contributed by atoms with van der Waals surface area (Å²) < 4.78 is 0. The van der Waals surface area contributed by atoms with Crippen LogP contribution < -0.4 is 10.9 Å². The van der Waals surface area contributed by atoms with Gasteiger partial charge in [-0.2, -0.15) is 10.2 Å². The van der Waals surface area contributed by atoms with Crippen LogP contribution in [0.2, 0.25) is 0 Å². The standard InChI is InChI=1S/C21H32N4O2/c26-20(24-22-16-18-10-4-1-5-11-18)14-8-3-9-15-21(27)25-23-17-19-12-6-2-7-13-19/h1-2,4,6,16-19H,3,5,7-15H2,(H,24,26)(H,25,27)/b22-16+,23-17+. The van der Waals surface area contributed by atoms with Gasteiger partial charge in [-0.15, -0.1) is 0 Å². The average molecular weight is 373 g/mol. The molecule has 0 aliphatic heterocycles. The molecular formula is C21H32N4O2. The Morgan fingerprint density at radius 2 is 1.26 bits per heavy atom. The number of carbonyl (C=O) groups excluding carboxylic acids is 2. The molecule has 0 heterocycles. The predicted molar refractivity (Wildman–Crippen MR) is 109 cm³/mol. The maximum absolute atomic E-state index is 11.7. The van der Waals surface area contributed by atoms with Gasteiger partial charge in [0.15, 0.2) is 0 Å². The summed E-state index contributed by atoms with van der Waals surface area (Å²) in [5.74, 6) is 0.749. The van der Waals surface area contributed by atoms with E-state index >= 15 is 0 Å². The van der Waals surface area contributed by atoms with E-state index in [-0.39, 0.29) is 11.8 Å². The molecule has 6 nitrogen and oxygen atoms in total. The molecule has 6 heteroatoms. The SMILES string of the molecule is O=C(CCCCCC(=O)N/N=C/C1CC=CCC1)N/N=C/C1CC=CCC1. The van der Waals surface area contributed by atoms with Gasteiger partial charge in [-0.3, -0.25) is 9.59 Å². The maximum atomic E-state index is 11.7. The normalized spacial score (nSPS) is 22.4. The summed E-state index contributed by atoms with van der Waals surface area (Å²) in [6, 6.07) is 0. The van der Waals surface area contributed by atoms with Gasteiger partial charge in [-0.05, 0) is 63.2 Å². The zero-order valence-corrected chi connectivity index (χ0v) is 16.1. The summed E-state index contributed by atoms with van der Waals surface area (Å²) in [5, 5.41) is 8.10. The molecule has 2 rings (SSSR count). The lowest BCUT2D eigenvalue weighted by molar-refractivity contribution is -0.121. The minimum absolute atomic E-state index is 0.0619. The predicted octanol–water partition coefficient (Wildman–Crippen LogP) is 3.85. The number of hydrogen-bond donors (Lipinski definition) is 2. The minimum Gasteiger partial charge on any atom is -0.273 e. The highest BCUT2D eigenvalue weighted by Gasteiger charge is 2.08. The Hall–Kier alpha value is -2.24. The number of nitrogens with one attached hydrogen (secondary N) is 2. The van der Waals surface area contributed by atoms with Gasteiger partial charge in [0.2, 0.25) is 11.8 Å². The largest absolute Gasteiger partial charge is 0.273 e. The van der Waals surface area contributed by atoms with Crippen molar-refractivity contribution in [3.05, 3.63) is 24.3 Å². The van der Waals surface area contributed by atoms with Gasteiger partial charge >= 0.3 is 0 Å². The number of nitrogens with zero attached hydrogens (tertiary/aromatic N) is 2. The first-order chi connectivity index (χ1) is 13.2. The van der Waals surface area contributed by atoms with Crippen molar-refractivity contribution in [2.75, 3.05) is 0 Å². The number of unbranched alkanes of at least 4 members (excludes halogenated alkanes) is 2. The quantitative estimate of drug-likeness (QED) is 0.264. The van der Waals surface area contributed by atoms with E-state index in [4.69, 9.17) is 0 Å². The number of rotatable bonds is 10. The second-order valence-corrected chi connectivity index (χ2v) is 7.28. The number of carbonyl (C=O) groups is 2. The Balaban J connectivity index is 1.45. The van der Waals surface area contributed by atoms with Crippen molar-refractivity contribution in [2.45, 2.75) is 70.6 Å². The van der Waals surface area contributed by atoms with Crippen molar-refractivity contribution in [1.29, 1.82) is 0 Å². The van der Waals surface area contributed by atoms with Crippen molar-refractivity contribution in [1.82, 2.24) is 10.9 Å². The van der Waals surface area contributed by atoms with E-state index in [1.807, 2.05) is 12.4 Å². The fraction of sp³-hybridized carbons (Fsp3) is 0.619. The van der Waals surface area contributed by atoms with Crippen LogP contribution in [0.25, 0.3) is 0 Å². The Morgan fingerprint density at radius 1 is 0.778 bits per heavy atom. The van der Waals surface area contributed by atoms with Crippen LogP contribution in [0.4, 0.5) is 0 Å². The van der Waals surface area contributed by atoms with Crippen LogP contribution in [-0.2, 0) is 9.59 Å². The fourth-order valence-electron chi connectivity index (χ4n) is 3.19. The number of allylic oxidation sites excluding steroid dienone is 4. The average Bonchev–Trinajstić information content (AvgIpc) is 2.69. The Bertz CT molecular complexity index is 531. The summed E-state index contributed by atoms with van der Waals surface area (Å²) in [4.78, 5) is 23.5. The number of hydrazone groups is 2. The topological polar surface area (TPSA) is 82.9 Å². The first-order valence-corrected chi connectivity index (χ1v) is 10.2. The van der Waals surface area contributed by atoms with Crippen LogP contribution >= 0.6 is 0 Å². The van der Waals surface area contributed by atoms with Gasteiger partial charge in [0.25, 0.3) is 0 Å². The van der Waals surface area contributed by atoms with Gasteiger partial charge in [-0.25, -0.2) is 10.9 Å². The van der Waals surface area contributed by atoms with Crippen LogP contribution in [0.3, 0.4) is 0 Å².